The van der Waals surface area contributed by atoms with Gasteiger partial charge in [0.2, 0.25) is 15.9 Å². The molecule has 0 bridgehead atoms. The summed E-state index contributed by atoms with van der Waals surface area (Å²) in [5, 5.41) is 0. The molecule has 1 aliphatic carbocycles. The SMILES string of the molecule is CC1CCCCC1N(C)S(=O)(=O)c1ccc(N2CCCC2=O)cc1. The number of nitrogens with zero attached hydrogens (tertiary/aromatic N) is 2. The van der Waals surface area contributed by atoms with Gasteiger partial charge in [-0.3, -0.25) is 4.79 Å². The van der Waals surface area contributed by atoms with Crippen LogP contribution in [0, 0.1) is 5.92 Å². The average Bonchev–Trinajstić information content (AvgIpc) is 3.01. The van der Waals surface area contributed by atoms with Crippen LogP contribution >= 0.6 is 0 Å². The molecular weight excluding hydrogens is 324 g/mol. The number of amides is 1. The van der Waals surface area contributed by atoms with Crippen molar-refractivity contribution in [3.05, 3.63) is 24.3 Å². The third-order valence-electron chi connectivity index (χ3n) is 5.43. The number of carbonyl (C=O) groups excluding carboxylic acids is 1. The van der Waals surface area contributed by atoms with E-state index in [2.05, 4.69) is 6.92 Å². The smallest absolute Gasteiger partial charge is 0.243 e. The zero-order valence-electron chi connectivity index (χ0n) is 14.4. The second-order valence-corrected chi connectivity index (χ2v) is 8.99. The maximum Gasteiger partial charge on any atom is 0.243 e. The molecule has 1 aromatic carbocycles. The van der Waals surface area contributed by atoms with Crippen LogP contribution in [0.25, 0.3) is 0 Å². The van der Waals surface area contributed by atoms with Gasteiger partial charge in [-0.1, -0.05) is 19.8 Å². The van der Waals surface area contributed by atoms with Gasteiger partial charge in [-0.05, 0) is 49.4 Å². The first-order valence-electron chi connectivity index (χ1n) is 8.80. The number of carbonyl (C=O) groups is 1. The third kappa shape index (κ3) is 3.22. The van der Waals surface area contributed by atoms with E-state index in [0.717, 1.165) is 31.4 Å². The number of sulfonamides is 1. The van der Waals surface area contributed by atoms with Gasteiger partial charge in [0.15, 0.2) is 0 Å². The Hall–Kier alpha value is -1.40. The lowest BCUT2D eigenvalue weighted by molar-refractivity contribution is -0.117. The molecule has 5 nitrogen and oxygen atoms in total. The normalized spacial score (nSPS) is 25.5. The molecule has 2 unspecified atom stereocenters. The summed E-state index contributed by atoms with van der Waals surface area (Å²) >= 11 is 0. The largest absolute Gasteiger partial charge is 0.312 e. The van der Waals surface area contributed by atoms with Crippen LogP contribution in [-0.2, 0) is 14.8 Å². The standard InChI is InChI=1S/C18H26N2O3S/c1-14-6-3-4-7-17(14)19(2)24(22,23)16-11-9-15(10-12-16)20-13-5-8-18(20)21/h9-12,14,17H,3-8,13H2,1-2H3. The monoisotopic (exact) mass is 350 g/mol. The Morgan fingerprint density at radius 1 is 1.08 bits per heavy atom. The maximum absolute atomic E-state index is 12.9. The van der Waals surface area contributed by atoms with Crippen LogP contribution in [0.5, 0.6) is 0 Å². The molecule has 1 aliphatic heterocycles. The van der Waals surface area contributed by atoms with Crippen molar-refractivity contribution in [3.63, 3.8) is 0 Å². The van der Waals surface area contributed by atoms with Crippen LogP contribution in [0.2, 0.25) is 0 Å². The summed E-state index contributed by atoms with van der Waals surface area (Å²) in [5.41, 5.74) is 0.783. The van der Waals surface area contributed by atoms with Crippen LogP contribution in [-0.4, -0.2) is 38.3 Å². The van der Waals surface area contributed by atoms with Gasteiger partial charge >= 0.3 is 0 Å². The van der Waals surface area contributed by atoms with Crippen molar-refractivity contribution in [1.82, 2.24) is 4.31 Å². The summed E-state index contributed by atoms with van der Waals surface area (Å²) in [5.74, 6) is 0.499. The summed E-state index contributed by atoms with van der Waals surface area (Å²) in [6.07, 6.45) is 5.72. The highest BCUT2D eigenvalue weighted by Crippen LogP contribution is 2.31. The molecule has 0 aromatic heterocycles. The first kappa shape index (κ1) is 17.4. The highest BCUT2D eigenvalue weighted by molar-refractivity contribution is 7.89. The quantitative estimate of drug-likeness (QED) is 0.839. The number of hydrogen-bond acceptors (Lipinski definition) is 3. The summed E-state index contributed by atoms with van der Waals surface area (Å²) in [6.45, 7) is 2.85. The Morgan fingerprint density at radius 2 is 1.75 bits per heavy atom. The summed E-state index contributed by atoms with van der Waals surface area (Å²) in [6, 6.07) is 6.81. The van der Waals surface area contributed by atoms with Crippen molar-refractivity contribution in [2.45, 2.75) is 56.4 Å². The lowest BCUT2D eigenvalue weighted by Crippen LogP contribution is -2.42. The minimum atomic E-state index is -3.50. The molecule has 2 fully saturated rings. The predicted molar refractivity (Wildman–Crippen MR) is 94.4 cm³/mol. The Balaban J connectivity index is 1.80. The third-order valence-corrected chi connectivity index (χ3v) is 7.33. The fourth-order valence-electron chi connectivity index (χ4n) is 3.90. The maximum atomic E-state index is 12.9. The Kier molecular flexibility index (Phi) is 4.97. The number of benzene rings is 1. The van der Waals surface area contributed by atoms with Crippen LogP contribution < -0.4 is 4.90 Å². The highest BCUT2D eigenvalue weighted by Gasteiger charge is 2.33. The van der Waals surface area contributed by atoms with Gasteiger partial charge in [0.25, 0.3) is 0 Å². The number of anilines is 1. The molecule has 1 aromatic rings. The van der Waals surface area contributed by atoms with E-state index in [1.807, 2.05) is 0 Å². The molecule has 2 aliphatic rings. The number of rotatable bonds is 4. The van der Waals surface area contributed by atoms with Crippen molar-refractivity contribution >= 4 is 21.6 Å². The van der Waals surface area contributed by atoms with Gasteiger partial charge in [-0.25, -0.2) is 8.42 Å². The summed E-state index contributed by atoms with van der Waals surface area (Å²) < 4.78 is 27.4. The molecule has 6 heteroatoms. The molecule has 1 amide bonds. The Morgan fingerprint density at radius 3 is 2.33 bits per heavy atom. The van der Waals surface area contributed by atoms with Gasteiger partial charge in [-0.2, -0.15) is 4.31 Å². The van der Waals surface area contributed by atoms with E-state index >= 15 is 0 Å². The lowest BCUT2D eigenvalue weighted by Gasteiger charge is -2.35. The fourth-order valence-corrected chi connectivity index (χ4v) is 5.38. The van der Waals surface area contributed by atoms with Crippen molar-refractivity contribution in [2.75, 3.05) is 18.5 Å². The van der Waals surface area contributed by atoms with Gasteiger partial charge in [-0.15, -0.1) is 0 Å². The van der Waals surface area contributed by atoms with E-state index in [1.165, 1.54) is 6.42 Å². The average molecular weight is 350 g/mol. The van der Waals surface area contributed by atoms with Crippen molar-refractivity contribution in [1.29, 1.82) is 0 Å². The minimum Gasteiger partial charge on any atom is -0.312 e. The molecule has 1 saturated carbocycles. The second-order valence-electron chi connectivity index (χ2n) is 6.99. The van der Waals surface area contributed by atoms with Crippen molar-refractivity contribution in [2.24, 2.45) is 5.92 Å². The Labute approximate surface area is 144 Å². The summed E-state index contributed by atoms with van der Waals surface area (Å²) in [4.78, 5) is 13.8. The first-order chi connectivity index (χ1) is 11.4. The molecule has 132 valence electrons. The highest BCUT2D eigenvalue weighted by atomic mass is 32.2. The van der Waals surface area contributed by atoms with Crippen LogP contribution in [0.1, 0.15) is 45.4 Å². The van der Waals surface area contributed by atoms with Crippen LogP contribution in [0.15, 0.2) is 29.2 Å². The van der Waals surface area contributed by atoms with E-state index in [0.29, 0.717) is 23.8 Å². The predicted octanol–water partition coefficient (Wildman–Crippen LogP) is 3.01. The van der Waals surface area contributed by atoms with Crippen LogP contribution in [0.3, 0.4) is 0 Å². The molecule has 0 radical (unpaired) electrons. The molecule has 0 N–H and O–H groups in total. The first-order valence-corrected chi connectivity index (χ1v) is 10.2. The van der Waals surface area contributed by atoms with E-state index in [4.69, 9.17) is 0 Å². The van der Waals surface area contributed by atoms with Crippen molar-refractivity contribution < 1.29 is 13.2 Å². The topological polar surface area (TPSA) is 57.7 Å². The van der Waals surface area contributed by atoms with Gasteiger partial charge < -0.3 is 4.90 Å². The van der Waals surface area contributed by atoms with Gasteiger partial charge in [0.1, 0.15) is 0 Å². The van der Waals surface area contributed by atoms with Gasteiger partial charge in [0, 0.05) is 31.7 Å². The summed E-state index contributed by atoms with van der Waals surface area (Å²) in [7, 11) is -1.80. The molecule has 1 heterocycles. The fraction of sp³-hybridized carbons (Fsp3) is 0.611. The van der Waals surface area contributed by atoms with Crippen LogP contribution in [0.4, 0.5) is 5.69 Å². The Bertz CT molecular complexity index is 699. The molecule has 24 heavy (non-hydrogen) atoms. The number of hydrogen-bond donors (Lipinski definition) is 0. The molecule has 3 rings (SSSR count). The van der Waals surface area contributed by atoms with E-state index < -0.39 is 10.0 Å². The minimum absolute atomic E-state index is 0.0728. The van der Waals surface area contributed by atoms with E-state index in [9.17, 15) is 13.2 Å². The van der Waals surface area contributed by atoms with Gasteiger partial charge in [0.05, 0.1) is 4.90 Å². The van der Waals surface area contributed by atoms with E-state index in [1.54, 1.807) is 40.5 Å². The molecule has 2 atom stereocenters. The molecule has 1 saturated heterocycles. The van der Waals surface area contributed by atoms with Crippen molar-refractivity contribution in [3.8, 4) is 0 Å². The molecule has 0 spiro atoms. The second kappa shape index (κ2) is 6.84. The van der Waals surface area contributed by atoms with E-state index in [-0.39, 0.29) is 11.9 Å². The zero-order chi connectivity index (χ0) is 17.3. The molecular formula is C18H26N2O3S. The lowest BCUT2D eigenvalue weighted by atomic mass is 9.86. The zero-order valence-corrected chi connectivity index (χ0v) is 15.3.